The molecule has 0 saturated heterocycles. The molecule has 2 nitrogen and oxygen atoms in total. The van der Waals surface area contributed by atoms with E-state index in [1.54, 1.807) is 0 Å². The molecule has 0 saturated carbocycles. The van der Waals surface area contributed by atoms with Gasteiger partial charge in [-0.25, -0.2) is 0 Å². The molecular weight excluding hydrogens is 224 g/mol. The third-order valence-corrected chi connectivity index (χ3v) is 3.18. The van der Waals surface area contributed by atoms with Crippen LogP contribution in [-0.2, 0) is 9.53 Å². The number of alkyl halides is 1. The van der Waals surface area contributed by atoms with Crippen molar-refractivity contribution in [2.75, 3.05) is 7.11 Å². The van der Waals surface area contributed by atoms with Crippen LogP contribution in [0.1, 0.15) is 64.7 Å². The minimum atomic E-state index is -0.117. The third kappa shape index (κ3) is 10.3. The summed E-state index contributed by atoms with van der Waals surface area (Å²) in [6.45, 7) is 2.21. The Morgan fingerprint density at radius 3 is 2.31 bits per heavy atom. The standard InChI is InChI=1S/C13H25ClO2/c1-3-4-5-6-9-12(14)10-7-8-11-13(15)16-2/h12H,3-11H2,1-2H3. The fourth-order valence-corrected chi connectivity index (χ4v) is 1.98. The van der Waals surface area contributed by atoms with Gasteiger partial charge in [0, 0.05) is 11.8 Å². The minimum Gasteiger partial charge on any atom is -0.469 e. The number of rotatable bonds is 10. The van der Waals surface area contributed by atoms with Gasteiger partial charge in [0.1, 0.15) is 0 Å². The molecule has 0 rings (SSSR count). The molecule has 3 heteroatoms. The summed E-state index contributed by atoms with van der Waals surface area (Å²) in [5.41, 5.74) is 0. The first-order valence-electron chi connectivity index (χ1n) is 6.41. The molecule has 16 heavy (non-hydrogen) atoms. The average Bonchev–Trinajstić information content (AvgIpc) is 2.30. The number of halogens is 1. The van der Waals surface area contributed by atoms with Gasteiger partial charge in [-0.05, 0) is 19.3 Å². The van der Waals surface area contributed by atoms with Crippen LogP contribution in [0.2, 0.25) is 0 Å². The fourth-order valence-electron chi connectivity index (χ4n) is 1.67. The van der Waals surface area contributed by atoms with Crippen molar-refractivity contribution in [3.8, 4) is 0 Å². The zero-order valence-corrected chi connectivity index (χ0v) is 11.4. The number of ether oxygens (including phenoxy) is 1. The lowest BCUT2D eigenvalue weighted by atomic mass is 10.1. The number of esters is 1. The lowest BCUT2D eigenvalue weighted by molar-refractivity contribution is -0.140. The maximum Gasteiger partial charge on any atom is 0.305 e. The predicted octanol–water partition coefficient (Wildman–Crippen LogP) is 4.30. The van der Waals surface area contributed by atoms with Crippen molar-refractivity contribution in [1.29, 1.82) is 0 Å². The second-order valence-electron chi connectivity index (χ2n) is 4.27. The summed E-state index contributed by atoms with van der Waals surface area (Å²) in [5.74, 6) is -0.117. The lowest BCUT2D eigenvalue weighted by Crippen LogP contribution is -2.02. The molecule has 0 spiro atoms. The highest BCUT2D eigenvalue weighted by Crippen LogP contribution is 2.16. The first-order valence-corrected chi connectivity index (χ1v) is 6.85. The first kappa shape index (κ1) is 15.8. The Balaban J connectivity index is 3.23. The van der Waals surface area contributed by atoms with E-state index in [0.29, 0.717) is 6.42 Å². The van der Waals surface area contributed by atoms with Crippen molar-refractivity contribution in [2.24, 2.45) is 0 Å². The predicted molar refractivity (Wildman–Crippen MR) is 68.9 cm³/mol. The van der Waals surface area contributed by atoms with Crippen molar-refractivity contribution in [3.05, 3.63) is 0 Å². The van der Waals surface area contributed by atoms with Crippen LogP contribution in [0.3, 0.4) is 0 Å². The number of hydrogen-bond acceptors (Lipinski definition) is 2. The van der Waals surface area contributed by atoms with Crippen molar-refractivity contribution in [3.63, 3.8) is 0 Å². The number of unbranched alkanes of at least 4 members (excludes halogenated alkanes) is 4. The van der Waals surface area contributed by atoms with Gasteiger partial charge < -0.3 is 4.74 Å². The van der Waals surface area contributed by atoms with Crippen LogP contribution in [-0.4, -0.2) is 18.5 Å². The largest absolute Gasteiger partial charge is 0.469 e. The average molecular weight is 249 g/mol. The molecule has 0 fully saturated rings. The van der Waals surface area contributed by atoms with Gasteiger partial charge in [0.2, 0.25) is 0 Å². The Labute approximate surface area is 105 Å². The third-order valence-electron chi connectivity index (χ3n) is 2.75. The quantitative estimate of drug-likeness (QED) is 0.327. The highest BCUT2D eigenvalue weighted by molar-refractivity contribution is 6.20. The summed E-state index contributed by atoms with van der Waals surface area (Å²) in [4.78, 5) is 10.8. The molecule has 1 unspecified atom stereocenters. The summed E-state index contributed by atoms with van der Waals surface area (Å²) in [6, 6.07) is 0. The maximum atomic E-state index is 10.8. The molecule has 0 aromatic carbocycles. The van der Waals surface area contributed by atoms with Crippen molar-refractivity contribution < 1.29 is 9.53 Å². The van der Waals surface area contributed by atoms with Crippen LogP contribution in [0, 0.1) is 0 Å². The maximum absolute atomic E-state index is 10.8. The first-order chi connectivity index (χ1) is 7.70. The summed E-state index contributed by atoms with van der Waals surface area (Å²) in [6.07, 6.45) is 9.68. The molecule has 1 atom stereocenters. The van der Waals surface area contributed by atoms with E-state index >= 15 is 0 Å². The summed E-state index contributed by atoms with van der Waals surface area (Å²) >= 11 is 6.19. The van der Waals surface area contributed by atoms with Gasteiger partial charge in [0.05, 0.1) is 7.11 Å². The van der Waals surface area contributed by atoms with E-state index < -0.39 is 0 Å². The van der Waals surface area contributed by atoms with Gasteiger partial charge in [-0.3, -0.25) is 4.79 Å². The van der Waals surface area contributed by atoms with Gasteiger partial charge in [0.15, 0.2) is 0 Å². The molecule has 0 amide bonds. The molecule has 0 heterocycles. The van der Waals surface area contributed by atoms with E-state index in [-0.39, 0.29) is 11.3 Å². The Morgan fingerprint density at radius 2 is 1.75 bits per heavy atom. The Hall–Kier alpha value is -0.240. The fraction of sp³-hybridized carbons (Fsp3) is 0.923. The van der Waals surface area contributed by atoms with Gasteiger partial charge >= 0.3 is 5.97 Å². The normalized spacial score (nSPS) is 12.4. The molecule has 96 valence electrons. The van der Waals surface area contributed by atoms with Crippen LogP contribution >= 0.6 is 11.6 Å². The Bertz CT molecular complexity index is 171. The second-order valence-corrected chi connectivity index (χ2v) is 4.89. The minimum absolute atomic E-state index is 0.117. The van der Waals surface area contributed by atoms with Crippen LogP contribution < -0.4 is 0 Å². The van der Waals surface area contributed by atoms with E-state index in [1.165, 1.54) is 32.8 Å². The molecule has 0 aliphatic carbocycles. The lowest BCUT2D eigenvalue weighted by Gasteiger charge is -2.08. The van der Waals surface area contributed by atoms with Crippen LogP contribution in [0.15, 0.2) is 0 Å². The number of hydrogen-bond donors (Lipinski definition) is 0. The van der Waals surface area contributed by atoms with Crippen molar-refractivity contribution in [2.45, 2.75) is 70.1 Å². The van der Waals surface area contributed by atoms with Gasteiger partial charge in [-0.1, -0.05) is 39.0 Å². The second kappa shape index (κ2) is 11.3. The highest BCUT2D eigenvalue weighted by atomic mass is 35.5. The molecule has 0 bridgehead atoms. The van der Waals surface area contributed by atoms with E-state index in [9.17, 15) is 4.79 Å². The Kier molecular flexibility index (Phi) is 11.1. The molecule has 0 aliphatic heterocycles. The smallest absolute Gasteiger partial charge is 0.305 e. The number of carbonyl (C=O) groups is 1. The molecule has 0 aromatic rings. The zero-order chi connectivity index (χ0) is 12.2. The molecule has 0 N–H and O–H groups in total. The van der Waals surface area contributed by atoms with E-state index in [0.717, 1.165) is 25.7 Å². The van der Waals surface area contributed by atoms with Crippen LogP contribution in [0.4, 0.5) is 0 Å². The highest BCUT2D eigenvalue weighted by Gasteiger charge is 2.05. The van der Waals surface area contributed by atoms with Crippen LogP contribution in [0.25, 0.3) is 0 Å². The van der Waals surface area contributed by atoms with Crippen molar-refractivity contribution in [1.82, 2.24) is 0 Å². The number of carbonyl (C=O) groups excluding carboxylic acids is 1. The van der Waals surface area contributed by atoms with E-state index in [1.807, 2.05) is 0 Å². The van der Waals surface area contributed by atoms with Gasteiger partial charge in [-0.15, -0.1) is 11.6 Å². The summed E-state index contributed by atoms with van der Waals surface area (Å²) in [5, 5.41) is 0.287. The monoisotopic (exact) mass is 248 g/mol. The summed E-state index contributed by atoms with van der Waals surface area (Å²) in [7, 11) is 1.43. The summed E-state index contributed by atoms with van der Waals surface area (Å²) < 4.78 is 4.58. The zero-order valence-electron chi connectivity index (χ0n) is 10.6. The SMILES string of the molecule is CCCCCCC(Cl)CCCCC(=O)OC. The molecule has 0 aliphatic rings. The molecule has 0 aromatic heterocycles. The van der Waals surface area contributed by atoms with Crippen LogP contribution in [0.5, 0.6) is 0 Å². The molecular formula is C13H25ClO2. The van der Waals surface area contributed by atoms with Gasteiger partial charge in [0.25, 0.3) is 0 Å². The van der Waals surface area contributed by atoms with E-state index in [4.69, 9.17) is 11.6 Å². The number of methoxy groups -OCH3 is 1. The Morgan fingerprint density at radius 1 is 1.12 bits per heavy atom. The van der Waals surface area contributed by atoms with Crippen molar-refractivity contribution >= 4 is 17.6 Å². The molecule has 0 radical (unpaired) electrons. The van der Waals surface area contributed by atoms with Gasteiger partial charge in [-0.2, -0.15) is 0 Å². The van der Waals surface area contributed by atoms with E-state index in [2.05, 4.69) is 11.7 Å². The topological polar surface area (TPSA) is 26.3 Å².